The lowest BCUT2D eigenvalue weighted by atomic mass is 9.96. The molecule has 1 fully saturated rings. The standard InChI is InChI=1S/C13H17NO2/c1-9-2-4-10(5-3-9)6-11-7-12(13(15)16)14-8-11/h2-5,11-12,14H,6-8H2,1H3,(H,15,16)/t11-,12-/m0/s1. The van der Waals surface area contributed by atoms with Crippen molar-refractivity contribution in [1.82, 2.24) is 5.32 Å². The average Bonchev–Trinajstić information content (AvgIpc) is 2.70. The molecule has 3 heteroatoms. The topological polar surface area (TPSA) is 49.3 Å². The largest absolute Gasteiger partial charge is 0.480 e. The molecule has 0 radical (unpaired) electrons. The molecule has 0 bridgehead atoms. The van der Waals surface area contributed by atoms with Gasteiger partial charge >= 0.3 is 5.97 Å². The van der Waals surface area contributed by atoms with Crippen molar-refractivity contribution in [3.05, 3.63) is 35.4 Å². The van der Waals surface area contributed by atoms with Crippen molar-refractivity contribution < 1.29 is 9.90 Å². The zero-order valence-electron chi connectivity index (χ0n) is 9.44. The molecule has 1 saturated heterocycles. The predicted octanol–water partition coefficient (Wildman–Crippen LogP) is 1.60. The smallest absolute Gasteiger partial charge is 0.320 e. The van der Waals surface area contributed by atoms with Crippen LogP contribution in [0.5, 0.6) is 0 Å². The van der Waals surface area contributed by atoms with E-state index in [1.807, 2.05) is 0 Å². The summed E-state index contributed by atoms with van der Waals surface area (Å²) < 4.78 is 0. The summed E-state index contributed by atoms with van der Waals surface area (Å²) >= 11 is 0. The molecule has 1 heterocycles. The first-order valence-electron chi connectivity index (χ1n) is 5.67. The first kappa shape index (κ1) is 11.1. The zero-order valence-corrected chi connectivity index (χ0v) is 9.44. The molecule has 2 rings (SSSR count). The van der Waals surface area contributed by atoms with E-state index >= 15 is 0 Å². The maximum atomic E-state index is 10.8. The van der Waals surface area contributed by atoms with Crippen LogP contribution in [0.4, 0.5) is 0 Å². The molecule has 1 aliphatic heterocycles. The van der Waals surface area contributed by atoms with Crippen LogP contribution in [0.2, 0.25) is 0 Å². The van der Waals surface area contributed by atoms with Crippen molar-refractivity contribution in [3.8, 4) is 0 Å². The lowest BCUT2D eigenvalue weighted by Gasteiger charge is -2.08. The van der Waals surface area contributed by atoms with Gasteiger partial charge in [-0.2, -0.15) is 0 Å². The summed E-state index contributed by atoms with van der Waals surface area (Å²) in [6.45, 7) is 2.88. The first-order valence-corrected chi connectivity index (χ1v) is 5.67. The Morgan fingerprint density at radius 2 is 2.12 bits per heavy atom. The number of carboxylic acids is 1. The van der Waals surface area contributed by atoms with Crippen molar-refractivity contribution in [2.24, 2.45) is 5.92 Å². The molecule has 16 heavy (non-hydrogen) atoms. The number of benzene rings is 1. The van der Waals surface area contributed by atoms with Crippen LogP contribution in [-0.2, 0) is 11.2 Å². The Labute approximate surface area is 95.5 Å². The summed E-state index contributed by atoms with van der Waals surface area (Å²) in [5, 5.41) is 11.9. The van der Waals surface area contributed by atoms with Gasteiger partial charge in [-0.3, -0.25) is 4.79 Å². The van der Waals surface area contributed by atoms with Crippen LogP contribution in [0.25, 0.3) is 0 Å². The summed E-state index contributed by atoms with van der Waals surface area (Å²) in [7, 11) is 0. The maximum absolute atomic E-state index is 10.8. The quantitative estimate of drug-likeness (QED) is 0.811. The van der Waals surface area contributed by atoms with Gasteiger partial charge in [-0.15, -0.1) is 0 Å². The Kier molecular flexibility index (Phi) is 3.25. The van der Waals surface area contributed by atoms with Gasteiger partial charge in [0.1, 0.15) is 6.04 Å². The van der Waals surface area contributed by atoms with Gasteiger partial charge in [0.25, 0.3) is 0 Å². The molecule has 3 nitrogen and oxygen atoms in total. The molecule has 0 amide bonds. The highest BCUT2D eigenvalue weighted by atomic mass is 16.4. The van der Waals surface area contributed by atoms with Crippen molar-refractivity contribution in [2.45, 2.75) is 25.8 Å². The predicted molar refractivity (Wildman–Crippen MR) is 62.4 cm³/mol. The monoisotopic (exact) mass is 219 g/mol. The SMILES string of the molecule is Cc1ccc(C[C@@H]2CN[C@H](C(=O)O)C2)cc1. The normalized spacial score (nSPS) is 24.6. The number of carbonyl (C=O) groups is 1. The fourth-order valence-corrected chi connectivity index (χ4v) is 2.21. The Morgan fingerprint density at radius 1 is 1.44 bits per heavy atom. The number of carboxylic acid groups (broad SMARTS) is 1. The van der Waals surface area contributed by atoms with Gasteiger partial charge in [0.15, 0.2) is 0 Å². The van der Waals surface area contributed by atoms with Crippen LogP contribution in [0.1, 0.15) is 17.5 Å². The van der Waals surface area contributed by atoms with E-state index in [-0.39, 0.29) is 6.04 Å². The van der Waals surface area contributed by atoms with Crippen molar-refractivity contribution in [3.63, 3.8) is 0 Å². The summed E-state index contributed by atoms with van der Waals surface area (Å²) in [6, 6.07) is 8.11. The molecule has 0 saturated carbocycles. The summed E-state index contributed by atoms with van der Waals surface area (Å²) in [5.41, 5.74) is 2.56. The van der Waals surface area contributed by atoms with Crippen LogP contribution in [0, 0.1) is 12.8 Å². The minimum atomic E-state index is -0.730. The van der Waals surface area contributed by atoms with Crippen LogP contribution in [0.3, 0.4) is 0 Å². The Bertz CT molecular complexity index is 372. The molecular formula is C13H17NO2. The summed E-state index contributed by atoms with van der Waals surface area (Å²) in [5.74, 6) is -0.282. The van der Waals surface area contributed by atoms with E-state index in [0.717, 1.165) is 19.4 Å². The molecule has 0 spiro atoms. The van der Waals surface area contributed by atoms with Crippen LogP contribution in [0.15, 0.2) is 24.3 Å². The molecule has 1 aromatic rings. The van der Waals surface area contributed by atoms with Gasteiger partial charge in [0.05, 0.1) is 0 Å². The Morgan fingerprint density at radius 3 is 2.69 bits per heavy atom. The minimum absolute atomic E-state index is 0.351. The Balaban J connectivity index is 1.92. The third-order valence-electron chi connectivity index (χ3n) is 3.17. The lowest BCUT2D eigenvalue weighted by Crippen LogP contribution is -2.29. The molecule has 1 aliphatic rings. The van der Waals surface area contributed by atoms with Gasteiger partial charge in [-0.25, -0.2) is 0 Å². The summed E-state index contributed by atoms with van der Waals surface area (Å²) in [4.78, 5) is 10.8. The minimum Gasteiger partial charge on any atom is -0.480 e. The highest BCUT2D eigenvalue weighted by Crippen LogP contribution is 2.19. The summed E-state index contributed by atoms with van der Waals surface area (Å²) in [6.07, 6.45) is 1.71. The second-order valence-corrected chi connectivity index (χ2v) is 4.59. The molecule has 1 aromatic carbocycles. The fourth-order valence-electron chi connectivity index (χ4n) is 2.21. The molecule has 2 N–H and O–H groups in total. The van der Waals surface area contributed by atoms with E-state index in [2.05, 4.69) is 36.5 Å². The van der Waals surface area contributed by atoms with E-state index < -0.39 is 5.97 Å². The number of aryl methyl sites for hydroxylation is 1. The van der Waals surface area contributed by atoms with Crippen LogP contribution >= 0.6 is 0 Å². The molecule has 0 aromatic heterocycles. The maximum Gasteiger partial charge on any atom is 0.320 e. The lowest BCUT2D eigenvalue weighted by molar-refractivity contribution is -0.139. The van der Waals surface area contributed by atoms with Gasteiger partial charge in [-0.1, -0.05) is 29.8 Å². The third kappa shape index (κ3) is 2.61. The number of hydrogen-bond acceptors (Lipinski definition) is 2. The van der Waals surface area contributed by atoms with Gasteiger partial charge in [0, 0.05) is 0 Å². The van der Waals surface area contributed by atoms with E-state index in [4.69, 9.17) is 5.11 Å². The van der Waals surface area contributed by atoms with Gasteiger partial charge in [-0.05, 0) is 37.8 Å². The molecule has 86 valence electrons. The van der Waals surface area contributed by atoms with E-state index in [9.17, 15) is 4.79 Å². The van der Waals surface area contributed by atoms with E-state index in [1.54, 1.807) is 0 Å². The fraction of sp³-hybridized carbons (Fsp3) is 0.462. The third-order valence-corrected chi connectivity index (χ3v) is 3.17. The molecule has 0 aliphatic carbocycles. The molecule has 0 unspecified atom stereocenters. The molecular weight excluding hydrogens is 202 g/mol. The number of aliphatic carboxylic acids is 1. The number of hydrogen-bond donors (Lipinski definition) is 2. The second-order valence-electron chi connectivity index (χ2n) is 4.59. The zero-order chi connectivity index (χ0) is 11.5. The van der Waals surface area contributed by atoms with Gasteiger partial charge < -0.3 is 10.4 Å². The van der Waals surface area contributed by atoms with Crippen LogP contribution < -0.4 is 5.32 Å². The van der Waals surface area contributed by atoms with E-state index in [1.165, 1.54) is 11.1 Å². The highest BCUT2D eigenvalue weighted by Gasteiger charge is 2.28. The van der Waals surface area contributed by atoms with E-state index in [0.29, 0.717) is 5.92 Å². The first-order chi connectivity index (χ1) is 7.65. The van der Waals surface area contributed by atoms with Crippen LogP contribution in [-0.4, -0.2) is 23.7 Å². The molecule has 2 atom stereocenters. The average molecular weight is 219 g/mol. The Hall–Kier alpha value is -1.35. The number of rotatable bonds is 3. The highest BCUT2D eigenvalue weighted by molar-refractivity contribution is 5.73. The number of nitrogens with one attached hydrogen (secondary N) is 1. The second kappa shape index (κ2) is 4.66. The van der Waals surface area contributed by atoms with Gasteiger partial charge in [0.2, 0.25) is 0 Å². The van der Waals surface area contributed by atoms with Crippen molar-refractivity contribution >= 4 is 5.97 Å². The van der Waals surface area contributed by atoms with Crippen molar-refractivity contribution in [2.75, 3.05) is 6.54 Å². The van der Waals surface area contributed by atoms with Crippen molar-refractivity contribution in [1.29, 1.82) is 0 Å².